The molecule has 5 nitrogen and oxygen atoms in total. The van der Waals surface area contributed by atoms with E-state index in [1.165, 1.54) is 12.3 Å². The number of carbonyl (C=O) groups is 1. The Morgan fingerprint density at radius 2 is 2.05 bits per heavy atom. The highest BCUT2D eigenvalue weighted by Crippen LogP contribution is 2.33. The van der Waals surface area contributed by atoms with Crippen molar-refractivity contribution in [3.63, 3.8) is 0 Å². The fourth-order valence-electron chi connectivity index (χ4n) is 1.35. The fourth-order valence-corrected chi connectivity index (χ4v) is 1.35. The lowest BCUT2D eigenvalue weighted by Gasteiger charge is -2.13. The van der Waals surface area contributed by atoms with Crippen LogP contribution in [0.1, 0.15) is 12.5 Å². The minimum absolute atomic E-state index is 0.150. The molecule has 0 bridgehead atoms. The summed E-state index contributed by atoms with van der Waals surface area (Å²) in [6.07, 6.45) is -3.18. The highest BCUT2D eigenvalue weighted by molar-refractivity contribution is 5.73. The van der Waals surface area contributed by atoms with E-state index in [1.54, 1.807) is 6.92 Å². The standard InChI is InChI=1S/C11H15F3N4O/c1-2-15-10(19)18-7-6-17-9-8(11(12,13)14)4-3-5-16-9/h3-5H,2,6-7H2,1H3,(H,16,17)(H2,15,18,19). The molecule has 0 aliphatic rings. The quantitative estimate of drug-likeness (QED) is 0.719. The van der Waals surface area contributed by atoms with Gasteiger partial charge in [0.15, 0.2) is 0 Å². The zero-order valence-electron chi connectivity index (χ0n) is 10.3. The summed E-state index contributed by atoms with van der Waals surface area (Å²) < 4.78 is 37.9. The summed E-state index contributed by atoms with van der Waals surface area (Å²) in [5.74, 6) is -0.243. The first-order valence-electron chi connectivity index (χ1n) is 5.73. The van der Waals surface area contributed by atoms with Gasteiger partial charge in [-0.15, -0.1) is 0 Å². The molecule has 1 aromatic rings. The molecule has 8 heteroatoms. The summed E-state index contributed by atoms with van der Waals surface area (Å²) in [5.41, 5.74) is -0.826. The molecule has 1 heterocycles. The number of anilines is 1. The zero-order valence-corrected chi connectivity index (χ0v) is 10.3. The van der Waals surface area contributed by atoms with E-state index in [4.69, 9.17) is 0 Å². The first kappa shape index (κ1) is 15.1. The number of hydrogen-bond acceptors (Lipinski definition) is 3. The van der Waals surface area contributed by atoms with Gasteiger partial charge in [-0.25, -0.2) is 9.78 Å². The summed E-state index contributed by atoms with van der Waals surface area (Å²) in [6.45, 7) is 2.59. The first-order chi connectivity index (χ1) is 8.95. The maximum atomic E-state index is 12.6. The molecule has 0 aliphatic carbocycles. The average Bonchev–Trinajstić information content (AvgIpc) is 2.34. The molecule has 1 aromatic heterocycles. The number of hydrogen-bond donors (Lipinski definition) is 3. The lowest BCUT2D eigenvalue weighted by molar-refractivity contribution is -0.137. The monoisotopic (exact) mass is 276 g/mol. The van der Waals surface area contributed by atoms with Gasteiger partial charge in [-0.2, -0.15) is 13.2 Å². The number of halogens is 3. The molecular weight excluding hydrogens is 261 g/mol. The normalized spacial score (nSPS) is 10.9. The van der Waals surface area contributed by atoms with Crippen molar-refractivity contribution < 1.29 is 18.0 Å². The van der Waals surface area contributed by atoms with Gasteiger partial charge in [-0.1, -0.05) is 0 Å². The summed E-state index contributed by atoms with van der Waals surface area (Å²) in [4.78, 5) is 14.7. The van der Waals surface area contributed by atoms with Crippen molar-refractivity contribution in [1.82, 2.24) is 15.6 Å². The largest absolute Gasteiger partial charge is 0.419 e. The maximum Gasteiger partial charge on any atom is 0.419 e. The highest BCUT2D eigenvalue weighted by atomic mass is 19.4. The summed E-state index contributed by atoms with van der Waals surface area (Å²) >= 11 is 0. The van der Waals surface area contributed by atoms with Crippen LogP contribution in [0.3, 0.4) is 0 Å². The minimum atomic E-state index is -4.45. The lowest BCUT2D eigenvalue weighted by atomic mass is 10.2. The number of alkyl halides is 3. The topological polar surface area (TPSA) is 66.1 Å². The van der Waals surface area contributed by atoms with Crippen LogP contribution in [0.5, 0.6) is 0 Å². The predicted molar refractivity (Wildman–Crippen MR) is 64.8 cm³/mol. The number of pyridine rings is 1. The van der Waals surface area contributed by atoms with Crippen molar-refractivity contribution in [1.29, 1.82) is 0 Å². The molecule has 0 aliphatic heterocycles. The average molecular weight is 276 g/mol. The number of rotatable bonds is 5. The van der Waals surface area contributed by atoms with Crippen LogP contribution in [-0.2, 0) is 6.18 Å². The Kier molecular flexibility index (Phi) is 5.40. The van der Waals surface area contributed by atoms with Crippen molar-refractivity contribution in [2.24, 2.45) is 0 Å². The lowest BCUT2D eigenvalue weighted by Crippen LogP contribution is -2.37. The second kappa shape index (κ2) is 6.81. The van der Waals surface area contributed by atoms with Crippen LogP contribution in [-0.4, -0.2) is 30.6 Å². The van der Waals surface area contributed by atoms with Gasteiger partial charge in [-0.3, -0.25) is 0 Å². The van der Waals surface area contributed by atoms with Gasteiger partial charge in [0.25, 0.3) is 0 Å². The molecule has 19 heavy (non-hydrogen) atoms. The van der Waals surface area contributed by atoms with Gasteiger partial charge in [-0.05, 0) is 19.1 Å². The zero-order chi connectivity index (χ0) is 14.3. The first-order valence-corrected chi connectivity index (χ1v) is 5.73. The molecule has 0 fully saturated rings. The number of nitrogens with zero attached hydrogens (tertiary/aromatic N) is 1. The third-order valence-electron chi connectivity index (χ3n) is 2.15. The molecule has 3 N–H and O–H groups in total. The maximum absolute atomic E-state index is 12.6. The van der Waals surface area contributed by atoms with E-state index in [9.17, 15) is 18.0 Å². The van der Waals surface area contributed by atoms with Crippen LogP contribution >= 0.6 is 0 Å². The molecule has 0 spiro atoms. The van der Waals surface area contributed by atoms with Crippen molar-refractivity contribution in [3.05, 3.63) is 23.9 Å². The van der Waals surface area contributed by atoms with Crippen LogP contribution in [0.4, 0.5) is 23.8 Å². The minimum Gasteiger partial charge on any atom is -0.368 e. The van der Waals surface area contributed by atoms with Crippen LogP contribution in [0, 0.1) is 0 Å². The Morgan fingerprint density at radius 1 is 1.32 bits per heavy atom. The molecule has 106 valence electrons. The SMILES string of the molecule is CCNC(=O)NCCNc1ncccc1C(F)(F)F. The third-order valence-corrected chi connectivity index (χ3v) is 2.15. The van der Waals surface area contributed by atoms with E-state index in [0.717, 1.165) is 6.07 Å². The van der Waals surface area contributed by atoms with Crippen LogP contribution in [0.15, 0.2) is 18.3 Å². The molecule has 2 amide bonds. The van der Waals surface area contributed by atoms with Crippen molar-refractivity contribution in [2.75, 3.05) is 25.0 Å². The van der Waals surface area contributed by atoms with Gasteiger partial charge >= 0.3 is 12.2 Å². The molecule has 0 unspecified atom stereocenters. The van der Waals surface area contributed by atoms with Gasteiger partial charge in [0.05, 0.1) is 5.56 Å². The molecule has 0 saturated carbocycles. The molecule has 0 atom stereocenters. The van der Waals surface area contributed by atoms with E-state index in [-0.39, 0.29) is 24.9 Å². The van der Waals surface area contributed by atoms with E-state index < -0.39 is 11.7 Å². The molecule has 1 rings (SSSR count). The van der Waals surface area contributed by atoms with Gasteiger partial charge in [0.1, 0.15) is 5.82 Å². The second-order valence-corrected chi connectivity index (χ2v) is 3.61. The van der Waals surface area contributed by atoms with Gasteiger partial charge < -0.3 is 16.0 Å². The smallest absolute Gasteiger partial charge is 0.368 e. The molecule has 0 radical (unpaired) electrons. The summed E-state index contributed by atoms with van der Waals surface area (Å²) in [7, 11) is 0. The Balaban J connectivity index is 2.48. The number of carbonyl (C=O) groups excluding carboxylic acids is 1. The summed E-state index contributed by atoms with van der Waals surface area (Å²) in [6, 6.07) is 1.81. The van der Waals surface area contributed by atoms with E-state index in [2.05, 4.69) is 20.9 Å². The number of urea groups is 1. The Labute approximate surface area is 108 Å². The highest BCUT2D eigenvalue weighted by Gasteiger charge is 2.33. The van der Waals surface area contributed by atoms with E-state index >= 15 is 0 Å². The Bertz CT molecular complexity index is 423. The number of aromatic nitrogens is 1. The number of nitrogens with one attached hydrogen (secondary N) is 3. The van der Waals surface area contributed by atoms with Crippen LogP contribution < -0.4 is 16.0 Å². The van der Waals surface area contributed by atoms with Crippen molar-refractivity contribution in [3.8, 4) is 0 Å². The van der Waals surface area contributed by atoms with E-state index in [1.807, 2.05) is 0 Å². The van der Waals surface area contributed by atoms with Gasteiger partial charge in [0.2, 0.25) is 0 Å². The predicted octanol–water partition coefficient (Wildman–Crippen LogP) is 1.83. The van der Waals surface area contributed by atoms with Crippen LogP contribution in [0.2, 0.25) is 0 Å². The summed E-state index contributed by atoms with van der Waals surface area (Å²) in [5, 5.41) is 7.54. The van der Waals surface area contributed by atoms with E-state index in [0.29, 0.717) is 6.54 Å². The van der Waals surface area contributed by atoms with Gasteiger partial charge in [0, 0.05) is 25.8 Å². The Morgan fingerprint density at radius 3 is 2.68 bits per heavy atom. The third kappa shape index (κ3) is 5.02. The number of amides is 2. The molecular formula is C11H15F3N4O. The second-order valence-electron chi connectivity index (χ2n) is 3.61. The molecule has 0 aromatic carbocycles. The Hall–Kier alpha value is -1.99. The van der Waals surface area contributed by atoms with Crippen LogP contribution in [0.25, 0.3) is 0 Å². The van der Waals surface area contributed by atoms with Crippen molar-refractivity contribution >= 4 is 11.8 Å². The van der Waals surface area contributed by atoms with Crippen molar-refractivity contribution in [2.45, 2.75) is 13.1 Å². The molecule has 0 saturated heterocycles. The fraction of sp³-hybridized carbons (Fsp3) is 0.455.